The van der Waals surface area contributed by atoms with E-state index in [9.17, 15) is 14.7 Å². The Balaban J connectivity index is 1.72. The summed E-state index contributed by atoms with van der Waals surface area (Å²) in [5, 5.41) is 12.8. The van der Waals surface area contributed by atoms with Gasteiger partial charge in [0.2, 0.25) is 0 Å². The molecule has 148 valence electrons. The maximum atomic E-state index is 12.8. The van der Waals surface area contributed by atoms with E-state index in [0.29, 0.717) is 37.4 Å². The van der Waals surface area contributed by atoms with Crippen molar-refractivity contribution in [3.05, 3.63) is 23.8 Å². The summed E-state index contributed by atoms with van der Waals surface area (Å²) in [5.74, 6) is 0.538. The van der Waals surface area contributed by atoms with Crippen molar-refractivity contribution in [1.29, 1.82) is 0 Å². The highest BCUT2D eigenvalue weighted by Crippen LogP contribution is 2.48. The molecule has 1 heterocycles. The van der Waals surface area contributed by atoms with Crippen molar-refractivity contribution in [2.45, 2.75) is 38.6 Å². The molecule has 1 saturated carbocycles. The van der Waals surface area contributed by atoms with Gasteiger partial charge in [0.05, 0.1) is 25.7 Å². The number of nitrogens with one attached hydrogen (secondary N) is 1. The third-order valence-corrected chi connectivity index (χ3v) is 6.10. The number of benzene rings is 1. The minimum atomic E-state index is -0.771. The number of likely N-dealkylation sites (tertiary alicyclic amines) is 1. The number of hydrogen-bond donors (Lipinski definition) is 2. The third-order valence-electron chi connectivity index (χ3n) is 6.10. The Labute approximate surface area is 159 Å². The van der Waals surface area contributed by atoms with E-state index in [1.807, 2.05) is 25.1 Å². The first-order valence-electron chi connectivity index (χ1n) is 9.46. The van der Waals surface area contributed by atoms with Crippen LogP contribution in [0.1, 0.15) is 44.2 Å². The highest BCUT2D eigenvalue weighted by molar-refractivity contribution is 5.80. The molecule has 27 heavy (non-hydrogen) atoms. The molecule has 0 radical (unpaired) electrons. The van der Waals surface area contributed by atoms with Crippen LogP contribution in [0.5, 0.6) is 11.5 Å². The van der Waals surface area contributed by atoms with Gasteiger partial charge >= 0.3 is 12.0 Å². The van der Waals surface area contributed by atoms with Crippen molar-refractivity contribution in [2.24, 2.45) is 11.3 Å². The Morgan fingerprint density at radius 2 is 2.07 bits per heavy atom. The van der Waals surface area contributed by atoms with E-state index in [2.05, 4.69) is 5.32 Å². The molecule has 1 saturated heterocycles. The molecule has 3 atom stereocenters. The SMILES string of the molecule is CCC(NC(=O)N1C[C@@H]2CCC[C@@]2(C(=O)O)C1)c1ccc(OC)c(OC)c1. The zero-order valence-corrected chi connectivity index (χ0v) is 16.2. The second-order valence-corrected chi connectivity index (χ2v) is 7.46. The number of carboxylic acids is 1. The summed E-state index contributed by atoms with van der Waals surface area (Å²) in [7, 11) is 3.16. The van der Waals surface area contributed by atoms with Gasteiger partial charge in [-0.15, -0.1) is 0 Å². The molecular weight excluding hydrogens is 348 g/mol. The highest BCUT2D eigenvalue weighted by Gasteiger charge is 2.55. The maximum Gasteiger partial charge on any atom is 0.317 e. The van der Waals surface area contributed by atoms with Gasteiger partial charge in [-0.2, -0.15) is 0 Å². The second kappa shape index (κ2) is 7.66. The van der Waals surface area contributed by atoms with Crippen LogP contribution < -0.4 is 14.8 Å². The van der Waals surface area contributed by atoms with E-state index >= 15 is 0 Å². The van der Waals surface area contributed by atoms with Crippen molar-refractivity contribution in [1.82, 2.24) is 10.2 Å². The third kappa shape index (κ3) is 3.42. The van der Waals surface area contributed by atoms with Crippen molar-refractivity contribution in [3.63, 3.8) is 0 Å². The van der Waals surface area contributed by atoms with Crippen LogP contribution in [0.4, 0.5) is 4.79 Å². The van der Waals surface area contributed by atoms with Crippen LogP contribution in [0.2, 0.25) is 0 Å². The first kappa shape index (κ1) is 19.3. The van der Waals surface area contributed by atoms with E-state index in [0.717, 1.165) is 18.4 Å². The maximum absolute atomic E-state index is 12.8. The number of carboxylic acid groups (broad SMARTS) is 1. The van der Waals surface area contributed by atoms with Gasteiger partial charge in [0.1, 0.15) is 0 Å². The summed E-state index contributed by atoms with van der Waals surface area (Å²) in [4.78, 5) is 26.3. The van der Waals surface area contributed by atoms with Crippen molar-refractivity contribution in [2.75, 3.05) is 27.3 Å². The van der Waals surface area contributed by atoms with Gasteiger partial charge in [-0.1, -0.05) is 19.4 Å². The normalized spacial score (nSPS) is 25.0. The number of aliphatic carboxylic acids is 1. The van der Waals surface area contributed by atoms with E-state index in [1.165, 1.54) is 0 Å². The lowest BCUT2D eigenvalue weighted by Crippen LogP contribution is -2.42. The molecular formula is C20H28N2O5. The highest BCUT2D eigenvalue weighted by atomic mass is 16.5. The number of carbonyl (C=O) groups excluding carboxylic acids is 1. The van der Waals surface area contributed by atoms with Gasteiger partial charge in [0.15, 0.2) is 11.5 Å². The summed E-state index contributed by atoms with van der Waals surface area (Å²) in [6, 6.07) is 5.21. The number of methoxy groups -OCH3 is 2. The Hall–Kier alpha value is -2.44. The van der Waals surface area contributed by atoms with Crippen LogP contribution in [0, 0.1) is 11.3 Å². The molecule has 7 heteroatoms. The molecule has 1 unspecified atom stereocenters. The molecule has 2 amide bonds. The van der Waals surface area contributed by atoms with Gasteiger partial charge in [0.25, 0.3) is 0 Å². The lowest BCUT2D eigenvalue weighted by molar-refractivity contribution is -0.149. The molecule has 1 aromatic carbocycles. The number of fused-ring (bicyclic) bond motifs is 1. The molecule has 0 bridgehead atoms. The van der Waals surface area contributed by atoms with E-state index in [4.69, 9.17) is 9.47 Å². The van der Waals surface area contributed by atoms with Crippen molar-refractivity contribution in [3.8, 4) is 11.5 Å². The summed E-state index contributed by atoms with van der Waals surface area (Å²) < 4.78 is 10.6. The number of nitrogens with zero attached hydrogens (tertiary/aromatic N) is 1. The molecule has 0 spiro atoms. The molecule has 0 aromatic heterocycles. The fourth-order valence-electron chi connectivity index (χ4n) is 4.52. The summed E-state index contributed by atoms with van der Waals surface area (Å²) in [5.41, 5.74) is 0.165. The number of rotatable bonds is 6. The fraction of sp³-hybridized carbons (Fsp3) is 0.600. The van der Waals surface area contributed by atoms with Gasteiger partial charge in [-0.3, -0.25) is 4.79 Å². The Morgan fingerprint density at radius 3 is 2.67 bits per heavy atom. The lowest BCUT2D eigenvalue weighted by Gasteiger charge is -2.25. The Bertz CT molecular complexity index is 722. The van der Waals surface area contributed by atoms with Crippen LogP contribution in [-0.4, -0.2) is 49.3 Å². The minimum absolute atomic E-state index is 0.0573. The Kier molecular flexibility index (Phi) is 5.48. The number of amides is 2. The van der Waals surface area contributed by atoms with Crippen LogP contribution in [0.3, 0.4) is 0 Å². The van der Waals surface area contributed by atoms with Gasteiger partial charge in [-0.05, 0) is 42.9 Å². The molecule has 1 aromatic rings. The van der Waals surface area contributed by atoms with Crippen LogP contribution in [0.25, 0.3) is 0 Å². The van der Waals surface area contributed by atoms with Gasteiger partial charge in [0, 0.05) is 13.1 Å². The van der Waals surface area contributed by atoms with E-state index < -0.39 is 11.4 Å². The molecule has 3 rings (SSSR count). The fourth-order valence-corrected chi connectivity index (χ4v) is 4.52. The molecule has 2 N–H and O–H groups in total. The zero-order chi connectivity index (χ0) is 19.6. The van der Waals surface area contributed by atoms with Crippen LogP contribution in [0.15, 0.2) is 18.2 Å². The monoisotopic (exact) mass is 376 g/mol. The Morgan fingerprint density at radius 1 is 1.33 bits per heavy atom. The first-order valence-corrected chi connectivity index (χ1v) is 9.46. The smallest absolute Gasteiger partial charge is 0.317 e. The largest absolute Gasteiger partial charge is 0.493 e. The molecule has 1 aliphatic carbocycles. The predicted molar refractivity (Wildman–Crippen MR) is 100 cm³/mol. The molecule has 1 aliphatic heterocycles. The topological polar surface area (TPSA) is 88.1 Å². The lowest BCUT2D eigenvalue weighted by atomic mass is 9.81. The minimum Gasteiger partial charge on any atom is -0.493 e. The zero-order valence-electron chi connectivity index (χ0n) is 16.2. The number of urea groups is 1. The number of carbonyl (C=O) groups is 2. The molecule has 2 fully saturated rings. The quantitative estimate of drug-likeness (QED) is 0.797. The van der Waals surface area contributed by atoms with E-state index in [1.54, 1.807) is 19.1 Å². The van der Waals surface area contributed by atoms with E-state index in [-0.39, 0.29) is 18.0 Å². The number of hydrogen-bond acceptors (Lipinski definition) is 4. The van der Waals surface area contributed by atoms with Gasteiger partial charge in [-0.25, -0.2) is 4.79 Å². The summed E-state index contributed by atoms with van der Waals surface area (Å²) in [6.45, 7) is 2.81. The van der Waals surface area contributed by atoms with Crippen molar-refractivity contribution < 1.29 is 24.2 Å². The van der Waals surface area contributed by atoms with Crippen molar-refractivity contribution >= 4 is 12.0 Å². The number of ether oxygens (including phenoxy) is 2. The predicted octanol–water partition coefficient (Wildman–Crippen LogP) is 3.05. The second-order valence-electron chi connectivity index (χ2n) is 7.46. The average Bonchev–Trinajstić information content (AvgIpc) is 3.24. The molecule has 7 nitrogen and oxygen atoms in total. The standard InChI is InChI=1S/C20H28N2O5/c1-4-15(13-7-8-16(26-2)17(10-13)27-3)21-19(25)22-11-14-6-5-9-20(14,12-22)18(23)24/h7-8,10,14-15H,4-6,9,11-12H2,1-3H3,(H,21,25)(H,23,24)/t14-,15?,20+/m0/s1. The van der Waals surface area contributed by atoms with Gasteiger partial charge < -0.3 is 24.8 Å². The van der Waals surface area contributed by atoms with Crippen LogP contribution >= 0.6 is 0 Å². The molecule has 2 aliphatic rings. The summed E-state index contributed by atoms with van der Waals surface area (Å²) in [6.07, 6.45) is 3.17. The average molecular weight is 376 g/mol. The first-order chi connectivity index (χ1) is 12.9. The van der Waals surface area contributed by atoms with Crippen LogP contribution in [-0.2, 0) is 4.79 Å². The summed E-state index contributed by atoms with van der Waals surface area (Å²) >= 11 is 0.